The lowest BCUT2D eigenvalue weighted by atomic mass is 9.82. The van der Waals surface area contributed by atoms with Crippen LogP contribution in [0.4, 0.5) is 0 Å². The fourth-order valence-corrected chi connectivity index (χ4v) is 3.81. The smallest absolute Gasteiger partial charge is 0.249 e. The van der Waals surface area contributed by atoms with Gasteiger partial charge in [-0.25, -0.2) is 0 Å². The van der Waals surface area contributed by atoms with Gasteiger partial charge in [0, 0.05) is 6.54 Å². The zero-order valence-electron chi connectivity index (χ0n) is 12.8. The van der Waals surface area contributed by atoms with E-state index in [1.807, 2.05) is 37.6 Å². The molecule has 0 bridgehead atoms. The number of nitrogens with one attached hydrogen (secondary N) is 1. The minimum Gasteiger partial charge on any atom is -0.340 e. The lowest BCUT2D eigenvalue weighted by Gasteiger charge is -2.50. The number of piperazine rings is 1. The average molecular weight is 306 g/mol. The maximum atomic E-state index is 13.1. The molecule has 0 aromatic carbocycles. The fourth-order valence-electron chi connectivity index (χ4n) is 3.15. The third-order valence-corrected chi connectivity index (χ3v) is 5.88. The summed E-state index contributed by atoms with van der Waals surface area (Å²) >= 11 is 1.62. The second-order valence-corrected chi connectivity index (χ2v) is 7.36. The van der Waals surface area contributed by atoms with Crippen LogP contribution in [0.3, 0.4) is 0 Å². The first-order valence-electron chi connectivity index (χ1n) is 7.57. The highest BCUT2D eigenvalue weighted by atomic mass is 32.1. The van der Waals surface area contributed by atoms with Gasteiger partial charge in [0.05, 0.1) is 0 Å². The molecule has 2 amide bonds. The average Bonchev–Trinajstić information content (AvgIpc) is 3.20. The Bertz CT molecular complexity index is 567. The molecule has 3 rings (SSSR count). The molecule has 21 heavy (non-hydrogen) atoms. The van der Waals surface area contributed by atoms with Crippen LogP contribution in [0.2, 0.25) is 0 Å². The van der Waals surface area contributed by atoms with Gasteiger partial charge < -0.3 is 10.2 Å². The van der Waals surface area contributed by atoms with Gasteiger partial charge in [0.2, 0.25) is 11.8 Å². The summed E-state index contributed by atoms with van der Waals surface area (Å²) in [5.41, 5.74) is -0.379. The minimum absolute atomic E-state index is 0.0192. The van der Waals surface area contributed by atoms with E-state index in [9.17, 15) is 9.59 Å². The fraction of sp³-hybridized carbons (Fsp3) is 0.625. The van der Waals surface area contributed by atoms with Crippen molar-refractivity contribution in [3.8, 4) is 0 Å². The number of thiophene rings is 1. The lowest BCUT2D eigenvalue weighted by molar-refractivity contribution is -0.163. The summed E-state index contributed by atoms with van der Waals surface area (Å²) in [6.07, 6.45) is 2.67. The van der Waals surface area contributed by atoms with E-state index in [0.717, 1.165) is 18.4 Å². The van der Waals surface area contributed by atoms with Crippen molar-refractivity contribution in [3.05, 3.63) is 22.4 Å². The van der Waals surface area contributed by atoms with Crippen LogP contribution in [0.25, 0.3) is 0 Å². The van der Waals surface area contributed by atoms with Gasteiger partial charge in [0.25, 0.3) is 0 Å². The number of hydrogen-bond acceptors (Lipinski definition) is 3. The molecule has 1 aromatic heterocycles. The topological polar surface area (TPSA) is 49.4 Å². The van der Waals surface area contributed by atoms with Crippen molar-refractivity contribution < 1.29 is 9.59 Å². The van der Waals surface area contributed by atoms with Crippen LogP contribution in [0.5, 0.6) is 0 Å². The van der Waals surface area contributed by atoms with Crippen LogP contribution in [0.15, 0.2) is 16.8 Å². The first kappa shape index (κ1) is 14.6. The van der Waals surface area contributed by atoms with Crippen LogP contribution < -0.4 is 5.32 Å². The molecule has 1 aliphatic heterocycles. The number of hydrogen-bond donors (Lipinski definition) is 1. The quantitative estimate of drug-likeness (QED) is 0.929. The Balaban J connectivity index is 1.97. The molecule has 1 aromatic rings. The highest BCUT2D eigenvalue weighted by molar-refractivity contribution is 7.07. The number of amides is 2. The second-order valence-electron chi connectivity index (χ2n) is 6.58. The van der Waals surface area contributed by atoms with Crippen molar-refractivity contribution in [2.75, 3.05) is 0 Å². The van der Waals surface area contributed by atoms with Crippen molar-refractivity contribution in [3.63, 3.8) is 0 Å². The van der Waals surface area contributed by atoms with Crippen molar-refractivity contribution in [2.45, 2.75) is 57.7 Å². The monoisotopic (exact) mass is 306 g/mol. The largest absolute Gasteiger partial charge is 0.340 e. The van der Waals surface area contributed by atoms with Gasteiger partial charge in [-0.15, -0.1) is 0 Å². The van der Waals surface area contributed by atoms with Crippen LogP contribution in [0, 0.1) is 5.92 Å². The van der Waals surface area contributed by atoms with E-state index in [1.54, 1.807) is 16.2 Å². The number of nitrogens with zero attached hydrogens (tertiary/aromatic N) is 1. The molecule has 0 radical (unpaired) electrons. The molecule has 0 spiro atoms. The predicted molar refractivity (Wildman–Crippen MR) is 82.8 cm³/mol. The van der Waals surface area contributed by atoms with Gasteiger partial charge in [-0.3, -0.25) is 9.59 Å². The van der Waals surface area contributed by atoms with Gasteiger partial charge in [-0.2, -0.15) is 11.3 Å². The SMILES string of the molecule is CCC1(C)C(=O)NC(C)(C2CC2)C(=O)N1Cc1ccsc1. The maximum absolute atomic E-state index is 13.1. The minimum atomic E-state index is -0.757. The highest BCUT2D eigenvalue weighted by Gasteiger charge is 2.58. The van der Waals surface area contributed by atoms with Crippen molar-refractivity contribution in [2.24, 2.45) is 5.92 Å². The third-order valence-electron chi connectivity index (χ3n) is 5.15. The summed E-state index contributed by atoms with van der Waals surface area (Å²) in [7, 11) is 0. The zero-order valence-corrected chi connectivity index (χ0v) is 13.6. The molecular formula is C16H22N2O2S. The Kier molecular flexibility index (Phi) is 3.35. The van der Waals surface area contributed by atoms with E-state index in [-0.39, 0.29) is 11.8 Å². The molecule has 1 saturated heterocycles. The molecule has 2 atom stereocenters. The number of rotatable bonds is 4. The third kappa shape index (κ3) is 2.18. The summed E-state index contributed by atoms with van der Waals surface area (Å²) in [6.45, 7) is 6.25. The van der Waals surface area contributed by atoms with Crippen LogP contribution in [-0.2, 0) is 16.1 Å². The normalized spacial score (nSPS) is 33.2. The molecule has 1 saturated carbocycles. The Labute approximate surface area is 129 Å². The van der Waals surface area contributed by atoms with Gasteiger partial charge in [-0.05, 0) is 61.4 Å². The summed E-state index contributed by atoms with van der Waals surface area (Å²) < 4.78 is 0. The molecular weight excluding hydrogens is 284 g/mol. The molecule has 1 N–H and O–H groups in total. The van der Waals surface area contributed by atoms with E-state index in [2.05, 4.69) is 5.32 Å². The van der Waals surface area contributed by atoms with Gasteiger partial charge in [0.15, 0.2) is 0 Å². The summed E-state index contributed by atoms with van der Waals surface area (Å²) in [6, 6.07) is 2.02. The van der Waals surface area contributed by atoms with E-state index in [0.29, 0.717) is 18.9 Å². The molecule has 114 valence electrons. The van der Waals surface area contributed by atoms with Gasteiger partial charge in [0.1, 0.15) is 11.1 Å². The Hall–Kier alpha value is -1.36. The summed E-state index contributed by atoms with van der Waals surface area (Å²) in [5, 5.41) is 7.08. The molecule has 2 fully saturated rings. The summed E-state index contributed by atoms with van der Waals surface area (Å²) in [4.78, 5) is 27.6. The number of carbonyl (C=O) groups excluding carboxylic acids is 2. The molecule has 4 nitrogen and oxygen atoms in total. The van der Waals surface area contributed by atoms with Gasteiger partial charge >= 0.3 is 0 Å². The standard InChI is InChI=1S/C16H22N2O2S/c1-4-15(2)13(19)17-16(3,12-5-6-12)14(20)18(15)9-11-7-8-21-10-11/h7-8,10,12H,4-6,9H2,1-3H3,(H,17,19). The van der Waals surface area contributed by atoms with Crippen LogP contribution in [0.1, 0.15) is 45.6 Å². The molecule has 5 heteroatoms. The van der Waals surface area contributed by atoms with Crippen molar-refractivity contribution in [1.82, 2.24) is 10.2 Å². The van der Waals surface area contributed by atoms with Gasteiger partial charge in [-0.1, -0.05) is 6.92 Å². The molecule has 2 aliphatic rings. The van der Waals surface area contributed by atoms with Crippen LogP contribution in [-0.4, -0.2) is 27.8 Å². The number of carbonyl (C=O) groups is 2. The highest BCUT2D eigenvalue weighted by Crippen LogP contribution is 2.44. The first-order chi connectivity index (χ1) is 9.91. The molecule has 1 aliphatic carbocycles. The zero-order chi connectivity index (χ0) is 15.3. The summed E-state index contributed by atoms with van der Waals surface area (Å²) in [5.74, 6) is 0.342. The molecule has 2 heterocycles. The van der Waals surface area contributed by atoms with Crippen molar-refractivity contribution in [1.29, 1.82) is 0 Å². The van der Waals surface area contributed by atoms with Crippen molar-refractivity contribution >= 4 is 23.2 Å². The van der Waals surface area contributed by atoms with E-state index < -0.39 is 11.1 Å². The Morgan fingerprint density at radius 1 is 1.38 bits per heavy atom. The van der Waals surface area contributed by atoms with E-state index >= 15 is 0 Å². The second kappa shape index (κ2) is 4.83. The Morgan fingerprint density at radius 2 is 2.10 bits per heavy atom. The predicted octanol–water partition coefficient (Wildman–Crippen LogP) is 2.54. The van der Waals surface area contributed by atoms with Crippen LogP contribution >= 0.6 is 11.3 Å². The molecule has 2 unspecified atom stereocenters. The Morgan fingerprint density at radius 3 is 2.62 bits per heavy atom. The van der Waals surface area contributed by atoms with E-state index in [1.165, 1.54) is 0 Å². The van der Waals surface area contributed by atoms with E-state index in [4.69, 9.17) is 0 Å². The lowest BCUT2D eigenvalue weighted by Crippen LogP contribution is -2.74. The maximum Gasteiger partial charge on any atom is 0.249 e. The first-order valence-corrected chi connectivity index (χ1v) is 8.52.